The van der Waals surface area contributed by atoms with E-state index >= 15 is 0 Å². The monoisotopic (exact) mass is 991 g/mol. The molecule has 2 rings (SSSR count). The van der Waals surface area contributed by atoms with Gasteiger partial charge in [-0.1, -0.05) is 127 Å². The zero-order valence-corrected chi connectivity index (χ0v) is 40.9. The van der Waals surface area contributed by atoms with Crippen LogP contribution in [0.4, 0.5) is 5.82 Å². The van der Waals surface area contributed by atoms with Gasteiger partial charge < -0.3 is 50.2 Å². The van der Waals surface area contributed by atoms with Crippen molar-refractivity contribution >= 4 is 33.4 Å². The second-order valence-corrected chi connectivity index (χ2v) is 19.6. The van der Waals surface area contributed by atoms with Crippen LogP contribution >= 0.6 is 15.6 Å². The van der Waals surface area contributed by atoms with Crippen molar-refractivity contribution in [2.24, 2.45) is 5.92 Å². The van der Waals surface area contributed by atoms with E-state index in [0.29, 0.717) is 18.8 Å². The molecule has 67 heavy (non-hydrogen) atoms. The summed E-state index contributed by atoms with van der Waals surface area (Å²) < 4.78 is 56.3. The van der Waals surface area contributed by atoms with Crippen LogP contribution in [0.2, 0.25) is 0 Å². The quantitative estimate of drug-likeness (QED) is 0.0126. The smallest absolute Gasteiger partial charge is 0.462 e. The Bertz CT molecular complexity index is 1860. The van der Waals surface area contributed by atoms with Crippen molar-refractivity contribution in [1.29, 1.82) is 0 Å². The number of anilines is 1. The molecular formula is C45H75N3O17P2. The number of allylic oxidation sites excluding steroid dienone is 5. The first kappa shape index (κ1) is 59.8. The molecule has 0 amide bonds. The van der Waals surface area contributed by atoms with Gasteiger partial charge in [0.15, 0.2) is 12.3 Å². The van der Waals surface area contributed by atoms with Gasteiger partial charge in [0.1, 0.15) is 30.7 Å². The van der Waals surface area contributed by atoms with E-state index in [2.05, 4.69) is 36.1 Å². The molecule has 1 aliphatic rings. The summed E-state index contributed by atoms with van der Waals surface area (Å²) in [5.74, 6) is -0.859. The molecule has 22 heteroatoms. The van der Waals surface area contributed by atoms with Gasteiger partial charge in [0.05, 0.1) is 25.4 Å². The van der Waals surface area contributed by atoms with Crippen LogP contribution in [0.5, 0.6) is 0 Å². The number of carbonyl (C=O) groups excluding carboxylic acids is 2. The van der Waals surface area contributed by atoms with E-state index < -0.39 is 95.9 Å². The molecule has 0 radical (unpaired) electrons. The minimum Gasteiger partial charge on any atom is -0.462 e. The Hall–Kier alpha value is -3.36. The number of rotatable bonds is 36. The molecule has 20 nitrogen and oxygen atoms in total. The van der Waals surface area contributed by atoms with Gasteiger partial charge in [-0.2, -0.15) is 9.29 Å². The molecule has 10 atom stereocenters. The molecule has 8 N–H and O–H groups in total. The zero-order valence-electron chi connectivity index (χ0n) is 39.1. The maximum atomic E-state index is 12.8. The molecule has 3 unspecified atom stereocenters. The van der Waals surface area contributed by atoms with Gasteiger partial charge in [0.25, 0.3) is 0 Å². The lowest BCUT2D eigenvalue weighted by molar-refractivity contribution is -0.161. The summed E-state index contributed by atoms with van der Waals surface area (Å²) in [4.78, 5) is 61.7. The highest BCUT2D eigenvalue weighted by atomic mass is 31.3. The number of unbranched alkanes of at least 4 members (excludes halogenated alkanes) is 8. The van der Waals surface area contributed by atoms with Crippen molar-refractivity contribution in [3.8, 4) is 0 Å². The second-order valence-electron chi connectivity index (χ2n) is 16.6. The molecular weight excluding hydrogens is 916 g/mol. The lowest BCUT2D eigenvalue weighted by atomic mass is 10.00. The number of aliphatic hydroxyl groups excluding tert-OH is 4. The third-order valence-corrected chi connectivity index (χ3v) is 13.2. The Morgan fingerprint density at radius 3 is 2.18 bits per heavy atom. The lowest BCUT2D eigenvalue weighted by Crippen LogP contribution is -2.36. The molecule has 0 spiro atoms. The van der Waals surface area contributed by atoms with E-state index in [0.717, 1.165) is 68.6 Å². The van der Waals surface area contributed by atoms with Gasteiger partial charge in [-0.15, -0.1) is 0 Å². The summed E-state index contributed by atoms with van der Waals surface area (Å²) in [6, 6.07) is 1.23. The van der Waals surface area contributed by atoms with Crippen LogP contribution in [0.15, 0.2) is 65.7 Å². The van der Waals surface area contributed by atoms with E-state index in [-0.39, 0.29) is 31.5 Å². The minimum absolute atomic E-state index is 0.0709. The first-order valence-electron chi connectivity index (χ1n) is 23.3. The van der Waals surface area contributed by atoms with Crippen LogP contribution < -0.4 is 11.4 Å². The van der Waals surface area contributed by atoms with Crippen molar-refractivity contribution in [1.82, 2.24) is 9.55 Å². The predicted octanol–water partition coefficient (Wildman–Crippen LogP) is 6.40. The third-order valence-electron chi connectivity index (χ3n) is 10.6. The number of hydrogen-bond donors (Lipinski definition) is 7. The topological polar surface area (TPSA) is 306 Å². The number of aromatic nitrogens is 2. The first-order valence-corrected chi connectivity index (χ1v) is 26.3. The van der Waals surface area contributed by atoms with Gasteiger partial charge in [-0.05, 0) is 50.5 Å². The summed E-state index contributed by atoms with van der Waals surface area (Å²) in [5, 5.41) is 41.3. The predicted molar refractivity (Wildman–Crippen MR) is 250 cm³/mol. The Balaban J connectivity index is 1.91. The van der Waals surface area contributed by atoms with Crippen molar-refractivity contribution in [3.05, 3.63) is 71.4 Å². The second kappa shape index (κ2) is 33.2. The highest BCUT2D eigenvalue weighted by Crippen LogP contribution is 2.60. The van der Waals surface area contributed by atoms with Crippen molar-refractivity contribution < 1.29 is 76.5 Å². The molecule has 2 heterocycles. The van der Waals surface area contributed by atoms with Crippen LogP contribution in [0.1, 0.15) is 136 Å². The Morgan fingerprint density at radius 2 is 1.49 bits per heavy atom. The molecule has 1 aliphatic heterocycles. The summed E-state index contributed by atoms with van der Waals surface area (Å²) in [5.41, 5.74) is 4.55. The third kappa shape index (κ3) is 26.8. The highest BCUT2D eigenvalue weighted by Gasteiger charge is 2.46. The summed E-state index contributed by atoms with van der Waals surface area (Å²) in [7, 11) is -11.0. The Kier molecular flexibility index (Phi) is 29.6. The maximum absolute atomic E-state index is 12.8. The average Bonchev–Trinajstić information content (AvgIpc) is 3.55. The molecule has 0 aliphatic carbocycles. The largest absolute Gasteiger partial charge is 0.481 e. The molecule has 0 saturated carbocycles. The zero-order chi connectivity index (χ0) is 49.7. The average molecular weight is 992 g/mol. The molecule has 1 aromatic rings. The summed E-state index contributed by atoms with van der Waals surface area (Å²) in [6.45, 7) is 4.04. The number of nitrogens with zero attached hydrogens (tertiary/aromatic N) is 2. The van der Waals surface area contributed by atoms with E-state index in [1.165, 1.54) is 25.0 Å². The normalized spacial score (nSPS) is 21.4. The van der Waals surface area contributed by atoms with E-state index in [1.54, 1.807) is 30.4 Å². The van der Waals surface area contributed by atoms with Crippen LogP contribution in [0, 0.1) is 5.92 Å². The van der Waals surface area contributed by atoms with Gasteiger partial charge >= 0.3 is 33.3 Å². The minimum atomic E-state index is -5.48. The lowest BCUT2D eigenvalue weighted by Gasteiger charge is -2.21. The number of phosphoric ester groups is 2. The first-order chi connectivity index (χ1) is 31.9. The van der Waals surface area contributed by atoms with Crippen LogP contribution in [0.25, 0.3) is 0 Å². The van der Waals surface area contributed by atoms with E-state index in [9.17, 15) is 53.7 Å². The highest BCUT2D eigenvalue weighted by molar-refractivity contribution is 7.61. The Labute approximate surface area is 394 Å². The SMILES string of the molecule is CCCCC/C=C\C[C@H](O)/C=C/C=C/C=C\[C@H](O)CCCC(=O)O[C@H](COC(=O)CCCCCCCCC(C)CC)COP(=O)(O)OP(=O)(O)OC[C@H]1O[C@@H](n2ccc(N)nc2=O)[C@H](O)[C@@H]1O. The number of aliphatic hydroxyl groups is 4. The number of esters is 2. The van der Waals surface area contributed by atoms with Gasteiger partial charge in [0.2, 0.25) is 0 Å². The molecule has 0 aromatic carbocycles. The Morgan fingerprint density at radius 1 is 0.836 bits per heavy atom. The maximum Gasteiger partial charge on any atom is 0.481 e. The fourth-order valence-electron chi connectivity index (χ4n) is 6.54. The summed E-state index contributed by atoms with van der Waals surface area (Å²) in [6.07, 6.45) is 18.7. The van der Waals surface area contributed by atoms with Crippen LogP contribution in [0.3, 0.4) is 0 Å². The van der Waals surface area contributed by atoms with E-state index in [4.69, 9.17) is 29.0 Å². The van der Waals surface area contributed by atoms with Gasteiger partial charge in [-0.25, -0.2) is 13.9 Å². The molecule has 1 aromatic heterocycles. The van der Waals surface area contributed by atoms with E-state index in [1.807, 2.05) is 6.08 Å². The number of nitrogen functional groups attached to an aromatic ring is 1. The molecule has 0 bridgehead atoms. The van der Waals surface area contributed by atoms with Crippen LogP contribution in [-0.2, 0) is 46.3 Å². The van der Waals surface area contributed by atoms with Crippen molar-refractivity contribution in [2.75, 3.05) is 25.6 Å². The number of ether oxygens (including phenoxy) is 3. The molecule has 382 valence electrons. The van der Waals surface area contributed by atoms with Crippen molar-refractivity contribution in [3.63, 3.8) is 0 Å². The van der Waals surface area contributed by atoms with Crippen LogP contribution in [-0.4, -0.2) is 108 Å². The number of carbonyl (C=O) groups is 2. The van der Waals surface area contributed by atoms with Gasteiger partial charge in [-0.3, -0.25) is 23.2 Å². The number of hydrogen-bond acceptors (Lipinski definition) is 17. The number of nitrogens with two attached hydrogens (primary N) is 1. The molecule has 1 saturated heterocycles. The standard InChI is InChI=1S/C45H75N3O17P2/c1-4-6-7-8-12-17-23-35(49)24-18-14-15-19-25-36(50)26-21-28-41(52)63-37(31-60-40(51)27-20-13-10-9-11-16-22-34(3)5-2)32-61-66(56,57)65-67(58,59)62-33-38-42(53)43(54)44(64-38)48-30-29-39(46)47-45(48)55/h12,14-15,17-19,24-25,29-30,34-38,42-44,49-50,53-54H,4-11,13,16,20-23,26-28,31-33H2,1-3H3,(H,56,57)(H,58,59)(H2,46,47,55)/b15-14+,17-12-,24-18+,25-19-/t34?,35-,36-,37+,38+,42+,43+,44+/m0/s1. The fourth-order valence-corrected chi connectivity index (χ4v) is 8.65. The molecule has 1 fully saturated rings. The fraction of sp³-hybridized carbons (Fsp3) is 0.689. The van der Waals surface area contributed by atoms with Gasteiger partial charge in [0, 0.05) is 19.0 Å². The van der Waals surface area contributed by atoms with Crippen molar-refractivity contribution in [2.45, 2.75) is 173 Å². The number of phosphoric acid groups is 2. The summed E-state index contributed by atoms with van der Waals surface area (Å²) >= 11 is 0.